The fourth-order valence-electron chi connectivity index (χ4n) is 4.38. The van der Waals surface area contributed by atoms with Gasteiger partial charge in [0.2, 0.25) is 11.4 Å². The maximum Gasteiger partial charge on any atom is 0.341 e. The molecule has 31 heavy (non-hydrogen) atoms. The van der Waals surface area contributed by atoms with Crippen LogP contribution >= 0.6 is 0 Å². The summed E-state index contributed by atoms with van der Waals surface area (Å²) < 4.78 is 7.88. The number of aromatic nitrogens is 3. The van der Waals surface area contributed by atoms with Crippen molar-refractivity contribution >= 4 is 41.8 Å². The fraction of sp³-hybridized carbons (Fsp3) is 0.333. The molecule has 2 atom stereocenters. The Morgan fingerprint density at radius 3 is 2.87 bits per heavy atom. The summed E-state index contributed by atoms with van der Waals surface area (Å²) in [6, 6.07) is 3.35. The molecule has 0 saturated carbocycles. The van der Waals surface area contributed by atoms with Crippen molar-refractivity contribution in [1.29, 1.82) is 0 Å². The minimum atomic E-state index is -1.25. The van der Waals surface area contributed by atoms with Gasteiger partial charge in [0, 0.05) is 43.1 Å². The number of carboxylic acid groups (broad SMARTS) is 1. The lowest BCUT2D eigenvalue weighted by atomic mass is 9.89. The number of nitrogens with zero attached hydrogens (tertiary/aromatic N) is 4. The second kappa shape index (κ2) is 7.30. The molecule has 0 spiro atoms. The van der Waals surface area contributed by atoms with Gasteiger partial charge in [-0.3, -0.25) is 4.79 Å². The van der Waals surface area contributed by atoms with Gasteiger partial charge in [0.05, 0.1) is 17.2 Å². The zero-order valence-corrected chi connectivity index (χ0v) is 16.9. The predicted octanol–water partition coefficient (Wildman–Crippen LogP) is 0.928. The third kappa shape index (κ3) is 3.18. The summed E-state index contributed by atoms with van der Waals surface area (Å²) in [5.41, 5.74) is 0.875. The molecule has 2 aliphatic heterocycles. The number of nitrogens with one attached hydrogen (secondary N) is 1. The van der Waals surface area contributed by atoms with E-state index in [1.54, 1.807) is 24.5 Å². The summed E-state index contributed by atoms with van der Waals surface area (Å²) in [7, 11) is 6.38. The molecule has 1 saturated heterocycles. The van der Waals surface area contributed by atoms with Gasteiger partial charge >= 0.3 is 5.97 Å². The lowest BCUT2D eigenvalue weighted by Crippen LogP contribution is -2.33. The zero-order valence-electron chi connectivity index (χ0n) is 16.9. The molecule has 2 N–H and O–H groups in total. The number of benzene rings is 1. The van der Waals surface area contributed by atoms with Gasteiger partial charge < -0.3 is 24.6 Å². The van der Waals surface area contributed by atoms with Crippen molar-refractivity contribution in [3.63, 3.8) is 0 Å². The predicted molar refractivity (Wildman–Crippen MR) is 117 cm³/mol. The summed E-state index contributed by atoms with van der Waals surface area (Å²) in [4.78, 5) is 35.0. The lowest BCUT2D eigenvalue weighted by Gasteiger charge is -2.32. The van der Waals surface area contributed by atoms with E-state index in [-0.39, 0.29) is 23.0 Å². The Hall–Kier alpha value is -3.56. The van der Waals surface area contributed by atoms with Crippen molar-refractivity contribution in [2.24, 2.45) is 0 Å². The summed E-state index contributed by atoms with van der Waals surface area (Å²) in [6.07, 6.45) is 5.64. The van der Waals surface area contributed by atoms with Gasteiger partial charge in [0.25, 0.3) is 0 Å². The van der Waals surface area contributed by atoms with Crippen LogP contribution in [0, 0.1) is 0 Å². The molecule has 4 heterocycles. The standard InChI is InChI=1S/C21H20BN5O4/c1-11-10-31-19-16-13(18(28)14(20(29)30)9-27(11)16)7-15(22)17(19)26-6-3-12(8-26)25-21-23-4-2-5-24-21/h2,4-5,7,9,11-12H,3,6,8,10H2,1H3,(H,29,30)(H,23,24,25)/t11-,12?/m0/s1. The Bertz CT molecular complexity index is 1250. The van der Waals surface area contributed by atoms with E-state index in [0.29, 0.717) is 35.8 Å². The first-order valence-electron chi connectivity index (χ1n) is 10.1. The molecule has 0 bridgehead atoms. The number of ether oxygens (including phenoxy) is 1. The van der Waals surface area contributed by atoms with Crippen molar-refractivity contribution in [2.75, 3.05) is 29.9 Å². The highest BCUT2D eigenvalue weighted by molar-refractivity contribution is 6.38. The first-order valence-corrected chi connectivity index (χ1v) is 10.1. The van der Waals surface area contributed by atoms with Crippen LogP contribution in [-0.4, -0.2) is 59.2 Å². The molecular weight excluding hydrogens is 397 g/mol. The number of carboxylic acids is 1. The van der Waals surface area contributed by atoms with E-state index in [4.69, 9.17) is 12.6 Å². The first-order chi connectivity index (χ1) is 14.9. The summed E-state index contributed by atoms with van der Waals surface area (Å²) in [5.74, 6) is -0.156. The van der Waals surface area contributed by atoms with Crippen LogP contribution in [0.5, 0.6) is 5.75 Å². The summed E-state index contributed by atoms with van der Waals surface area (Å²) in [5, 5.41) is 13.1. The topological polar surface area (TPSA) is 110 Å². The molecule has 3 aromatic rings. The van der Waals surface area contributed by atoms with E-state index in [9.17, 15) is 14.7 Å². The molecule has 2 aromatic heterocycles. The molecule has 1 fully saturated rings. The zero-order chi connectivity index (χ0) is 21.7. The molecule has 2 radical (unpaired) electrons. The second-order valence-corrected chi connectivity index (χ2v) is 7.93. The molecule has 1 unspecified atom stereocenters. The van der Waals surface area contributed by atoms with Crippen LogP contribution in [0.4, 0.5) is 11.6 Å². The third-order valence-electron chi connectivity index (χ3n) is 5.85. The van der Waals surface area contributed by atoms with E-state index in [1.165, 1.54) is 6.20 Å². The van der Waals surface area contributed by atoms with E-state index in [0.717, 1.165) is 18.7 Å². The lowest BCUT2D eigenvalue weighted by molar-refractivity contribution is 0.0694. The highest BCUT2D eigenvalue weighted by atomic mass is 16.5. The molecule has 0 aliphatic carbocycles. The SMILES string of the molecule is [B]c1cc2c(=O)c(C(=O)O)cn3c2c(c1N1CCC(Nc2ncccn2)C1)OC[C@@H]3C. The Morgan fingerprint density at radius 1 is 1.35 bits per heavy atom. The van der Waals surface area contributed by atoms with E-state index < -0.39 is 11.4 Å². The number of aromatic carboxylic acids is 1. The van der Waals surface area contributed by atoms with Gasteiger partial charge in [-0.2, -0.15) is 0 Å². The van der Waals surface area contributed by atoms with Gasteiger partial charge in [-0.1, -0.05) is 11.5 Å². The van der Waals surface area contributed by atoms with Crippen molar-refractivity contribution in [2.45, 2.75) is 25.4 Å². The molecule has 1 aromatic carbocycles. The van der Waals surface area contributed by atoms with Gasteiger partial charge in [0.15, 0.2) is 5.75 Å². The van der Waals surface area contributed by atoms with Crippen LogP contribution < -0.4 is 25.8 Å². The summed E-state index contributed by atoms with van der Waals surface area (Å²) >= 11 is 0. The normalized spacial score (nSPS) is 20.0. The van der Waals surface area contributed by atoms with Crippen LogP contribution in [-0.2, 0) is 0 Å². The number of carbonyl (C=O) groups is 1. The smallest absolute Gasteiger partial charge is 0.341 e. The van der Waals surface area contributed by atoms with E-state index in [2.05, 4.69) is 20.2 Å². The quantitative estimate of drug-likeness (QED) is 0.604. The van der Waals surface area contributed by atoms with E-state index >= 15 is 0 Å². The highest BCUT2D eigenvalue weighted by Crippen LogP contribution is 2.39. The number of anilines is 2. The molecule has 2 aliphatic rings. The van der Waals surface area contributed by atoms with Gasteiger partial charge in [-0.15, -0.1) is 0 Å². The minimum absolute atomic E-state index is 0.117. The van der Waals surface area contributed by atoms with Crippen molar-refractivity contribution < 1.29 is 14.6 Å². The highest BCUT2D eigenvalue weighted by Gasteiger charge is 2.31. The monoisotopic (exact) mass is 417 g/mol. The number of hydrogen-bond acceptors (Lipinski definition) is 7. The van der Waals surface area contributed by atoms with Crippen LogP contribution in [0.1, 0.15) is 29.7 Å². The van der Waals surface area contributed by atoms with Crippen LogP contribution in [0.25, 0.3) is 10.9 Å². The molecule has 9 nitrogen and oxygen atoms in total. The summed E-state index contributed by atoms with van der Waals surface area (Å²) in [6.45, 7) is 3.68. The average molecular weight is 417 g/mol. The third-order valence-corrected chi connectivity index (χ3v) is 5.85. The van der Waals surface area contributed by atoms with Crippen LogP contribution in [0.2, 0.25) is 0 Å². The Balaban J connectivity index is 1.58. The number of hydrogen-bond donors (Lipinski definition) is 2. The van der Waals surface area contributed by atoms with Crippen LogP contribution in [0.3, 0.4) is 0 Å². The molecular formula is C21H20BN5O4. The Labute approximate surface area is 179 Å². The maximum absolute atomic E-state index is 12.8. The first kappa shape index (κ1) is 19.4. The van der Waals surface area contributed by atoms with Gasteiger partial charge in [0.1, 0.15) is 20.0 Å². The Morgan fingerprint density at radius 2 is 2.13 bits per heavy atom. The van der Waals surface area contributed by atoms with Crippen molar-refractivity contribution in [3.05, 3.63) is 46.5 Å². The maximum atomic E-state index is 12.8. The molecule has 156 valence electrons. The molecule has 10 heteroatoms. The van der Waals surface area contributed by atoms with Crippen molar-refractivity contribution in [1.82, 2.24) is 14.5 Å². The fourth-order valence-corrected chi connectivity index (χ4v) is 4.38. The number of pyridine rings is 1. The minimum Gasteiger partial charge on any atom is -0.487 e. The van der Waals surface area contributed by atoms with Crippen molar-refractivity contribution in [3.8, 4) is 5.75 Å². The molecule has 0 amide bonds. The second-order valence-electron chi connectivity index (χ2n) is 7.93. The Kier molecular flexibility index (Phi) is 4.57. The van der Waals surface area contributed by atoms with Gasteiger partial charge in [-0.25, -0.2) is 14.8 Å². The average Bonchev–Trinajstić information content (AvgIpc) is 3.20. The van der Waals surface area contributed by atoms with E-state index in [1.807, 2.05) is 11.5 Å². The molecule has 5 rings (SSSR count). The number of rotatable bonds is 4. The van der Waals surface area contributed by atoms with Crippen LogP contribution in [0.15, 0.2) is 35.5 Å². The largest absolute Gasteiger partial charge is 0.487 e. The van der Waals surface area contributed by atoms with Gasteiger partial charge in [-0.05, 0) is 19.4 Å².